The average Bonchev–Trinajstić information content (AvgIpc) is 2.39. The number of halogens is 1. The van der Waals surface area contributed by atoms with Crippen molar-refractivity contribution in [3.63, 3.8) is 0 Å². The lowest BCUT2D eigenvalue weighted by Crippen LogP contribution is -2.39. The van der Waals surface area contributed by atoms with Crippen molar-refractivity contribution >= 4 is 23.1 Å². The number of hydrogen-bond donors (Lipinski definition) is 0. The normalized spacial score (nSPS) is 19.5. The fourth-order valence-corrected chi connectivity index (χ4v) is 2.81. The zero-order chi connectivity index (χ0) is 13.8. The Morgan fingerprint density at radius 1 is 1.53 bits per heavy atom. The highest BCUT2D eigenvalue weighted by atomic mass is 35.5. The topological polar surface area (TPSA) is 29.5 Å². The predicted octanol–water partition coefficient (Wildman–Crippen LogP) is 3.55. The molecule has 104 valence electrons. The number of Topliss-reactive ketones (excluding diaryl/α,β-unsaturated/α-hetero) is 1. The summed E-state index contributed by atoms with van der Waals surface area (Å²) in [6.07, 6.45) is 2.49. The quantitative estimate of drug-likeness (QED) is 0.791. The van der Waals surface area contributed by atoms with Crippen LogP contribution < -0.4 is 4.90 Å². The van der Waals surface area contributed by atoms with Gasteiger partial charge in [0.2, 0.25) is 0 Å². The minimum Gasteiger partial charge on any atom is -0.377 e. The Morgan fingerprint density at radius 3 is 2.95 bits per heavy atom. The summed E-state index contributed by atoms with van der Waals surface area (Å²) in [6.45, 7) is 6.18. The second-order valence-corrected chi connectivity index (χ2v) is 5.30. The lowest BCUT2D eigenvalue weighted by Gasteiger charge is -2.34. The lowest BCUT2D eigenvalue weighted by atomic mass is 10.1. The summed E-state index contributed by atoms with van der Waals surface area (Å²) < 4.78 is 5.70. The molecular formula is C15H20ClNO2. The molecule has 0 spiro atoms. The van der Waals surface area contributed by atoms with Crippen LogP contribution >= 0.6 is 11.6 Å². The third kappa shape index (κ3) is 3.48. The van der Waals surface area contributed by atoms with Gasteiger partial charge in [-0.1, -0.05) is 11.6 Å². The number of nitrogens with zero attached hydrogens (tertiary/aromatic N) is 1. The first-order valence-corrected chi connectivity index (χ1v) is 7.16. The van der Waals surface area contributed by atoms with Crippen LogP contribution in [0, 0.1) is 0 Å². The van der Waals surface area contributed by atoms with Crippen molar-refractivity contribution in [2.24, 2.45) is 0 Å². The molecule has 1 aromatic rings. The molecule has 0 bridgehead atoms. The fraction of sp³-hybridized carbons (Fsp3) is 0.533. The van der Waals surface area contributed by atoms with Crippen LogP contribution in [0.15, 0.2) is 18.2 Å². The zero-order valence-corrected chi connectivity index (χ0v) is 12.2. The third-order valence-electron chi connectivity index (χ3n) is 3.48. The predicted molar refractivity (Wildman–Crippen MR) is 78.3 cm³/mol. The van der Waals surface area contributed by atoms with E-state index in [1.54, 1.807) is 13.0 Å². The Balaban J connectivity index is 2.15. The summed E-state index contributed by atoms with van der Waals surface area (Å²) in [5.74, 6) is 0.0410. The van der Waals surface area contributed by atoms with Crippen LogP contribution in [0.2, 0.25) is 5.02 Å². The molecule has 0 N–H and O–H groups in total. The SMILES string of the molecule is CCOC1CCCN(c2ccc(C(C)=O)cc2Cl)C1. The number of anilines is 1. The first kappa shape index (κ1) is 14.4. The molecule has 0 radical (unpaired) electrons. The molecular weight excluding hydrogens is 262 g/mol. The van der Waals surface area contributed by atoms with E-state index in [4.69, 9.17) is 16.3 Å². The van der Waals surface area contributed by atoms with Gasteiger partial charge in [-0.05, 0) is 44.9 Å². The molecule has 19 heavy (non-hydrogen) atoms. The fourth-order valence-electron chi connectivity index (χ4n) is 2.51. The van der Waals surface area contributed by atoms with E-state index < -0.39 is 0 Å². The van der Waals surface area contributed by atoms with Crippen LogP contribution in [0.5, 0.6) is 0 Å². The van der Waals surface area contributed by atoms with Crippen LogP contribution in [0.25, 0.3) is 0 Å². The molecule has 2 rings (SSSR count). The van der Waals surface area contributed by atoms with Crippen molar-refractivity contribution in [1.82, 2.24) is 0 Å². The highest BCUT2D eigenvalue weighted by Gasteiger charge is 2.22. The maximum absolute atomic E-state index is 11.3. The highest BCUT2D eigenvalue weighted by molar-refractivity contribution is 6.33. The van der Waals surface area contributed by atoms with Gasteiger partial charge < -0.3 is 9.64 Å². The summed E-state index contributed by atoms with van der Waals surface area (Å²) in [4.78, 5) is 13.6. The number of ketones is 1. The summed E-state index contributed by atoms with van der Waals surface area (Å²) >= 11 is 6.30. The molecule has 1 saturated heterocycles. The van der Waals surface area contributed by atoms with E-state index in [2.05, 4.69) is 4.90 Å². The minimum absolute atomic E-state index is 0.0410. The number of piperidine rings is 1. The summed E-state index contributed by atoms with van der Waals surface area (Å²) in [5.41, 5.74) is 1.66. The molecule has 1 aromatic carbocycles. The number of hydrogen-bond acceptors (Lipinski definition) is 3. The van der Waals surface area contributed by atoms with Gasteiger partial charge in [-0.2, -0.15) is 0 Å². The summed E-state index contributed by atoms with van der Waals surface area (Å²) in [5, 5.41) is 0.643. The van der Waals surface area contributed by atoms with Crippen molar-refractivity contribution < 1.29 is 9.53 Å². The number of ether oxygens (including phenoxy) is 1. The molecule has 1 heterocycles. The van der Waals surface area contributed by atoms with Gasteiger partial charge in [-0.15, -0.1) is 0 Å². The van der Waals surface area contributed by atoms with Crippen LogP contribution in [0.3, 0.4) is 0 Å². The molecule has 0 aliphatic carbocycles. The number of carbonyl (C=O) groups is 1. The Kier molecular flexibility index (Phi) is 4.83. The Hall–Kier alpha value is -1.06. The molecule has 1 aliphatic rings. The zero-order valence-electron chi connectivity index (χ0n) is 11.5. The summed E-state index contributed by atoms with van der Waals surface area (Å²) in [6, 6.07) is 5.53. The molecule has 1 unspecified atom stereocenters. The number of carbonyl (C=O) groups excluding carboxylic acids is 1. The van der Waals surface area contributed by atoms with E-state index in [-0.39, 0.29) is 11.9 Å². The van der Waals surface area contributed by atoms with Crippen LogP contribution in [0.1, 0.15) is 37.0 Å². The van der Waals surface area contributed by atoms with Crippen molar-refractivity contribution in [2.45, 2.75) is 32.8 Å². The summed E-state index contributed by atoms with van der Waals surface area (Å²) in [7, 11) is 0. The smallest absolute Gasteiger partial charge is 0.159 e. The van der Waals surface area contributed by atoms with Gasteiger partial charge >= 0.3 is 0 Å². The molecule has 4 heteroatoms. The molecule has 0 saturated carbocycles. The second kappa shape index (κ2) is 6.40. The first-order valence-electron chi connectivity index (χ1n) is 6.79. The van der Waals surface area contributed by atoms with Gasteiger partial charge in [-0.25, -0.2) is 0 Å². The maximum atomic E-state index is 11.3. The van der Waals surface area contributed by atoms with Gasteiger partial charge in [0, 0.05) is 25.3 Å². The van der Waals surface area contributed by atoms with E-state index in [9.17, 15) is 4.79 Å². The van der Waals surface area contributed by atoms with Crippen molar-refractivity contribution in [3.05, 3.63) is 28.8 Å². The van der Waals surface area contributed by atoms with Crippen LogP contribution in [0.4, 0.5) is 5.69 Å². The molecule has 1 atom stereocenters. The van der Waals surface area contributed by atoms with E-state index in [0.29, 0.717) is 10.6 Å². The second-order valence-electron chi connectivity index (χ2n) is 4.89. The van der Waals surface area contributed by atoms with E-state index in [1.165, 1.54) is 0 Å². The first-order chi connectivity index (χ1) is 9.11. The van der Waals surface area contributed by atoms with Crippen LogP contribution in [-0.4, -0.2) is 31.6 Å². The Bertz CT molecular complexity index is 459. The lowest BCUT2D eigenvalue weighted by molar-refractivity contribution is 0.0527. The standard InChI is InChI=1S/C15H20ClNO2/c1-3-19-13-5-4-8-17(10-13)15-7-6-12(11(2)18)9-14(15)16/h6-7,9,13H,3-5,8,10H2,1-2H3. The highest BCUT2D eigenvalue weighted by Crippen LogP contribution is 2.30. The van der Waals surface area contributed by atoms with Gasteiger partial charge in [-0.3, -0.25) is 4.79 Å². The minimum atomic E-state index is 0.0410. The van der Waals surface area contributed by atoms with E-state index in [0.717, 1.165) is 38.2 Å². The molecule has 0 amide bonds. The van der Waals surface area contributed by atoms with Gasteiger partial charge in [0.15, 0.2) is 5.78 Å². The molecule has 1 aliphatic heterocycles. The van der Waals surface area contributed by atoms with Gasteiger partial charge in [0.05, 0.1) is 16.8 Å². The number of rotatable bonds is 4. The van der Waals surface area contributed by atoms with Crippen molar-refractivity contribution in [3.8, 4) is 0 Å². The molecule has 3 nitrogen and oxygen atoms in total. The molecule has 0 aromatic heterocycles. The average molecular weight is 282 g/mol. The van der Waals surface area contributed by atoms with Gasteiger partial charge in [0.25, 0.3) is 0 Å². The van der Waals surface area contributed by atoms with Crippen LogP contribution in [-0.2, 0) is 4.74 Å². The molecule has 1 fully saturated rings. The van der Waals surface area contributed by atoms with Crippen molar-refractivity contribution in [2.75, 3.05) is 24.6 Å². The number of benzene rings is 1. The maximum Gasteiger partial charge on any atom is 0.159 e. The Morgan fingerprint density at radius 2 is 2.32 bits per heavy atom. The third-order valence-corrected chi connectivity index (χ3v) is 3.78. The monoisotopic (exact) mass is 281 g/mol. The Labute approximate surface area is 119 Å². The van der Waals surface area contributed by atoms with E-state index >= 15 is 0 Å². The van der Waals surface area contributed by atoms with E-state index in [1.807, 2.05) is 19.1 Å². The van der Waals surface area contributed by atoms with Gasteiger partial charge in [0.1, 0.15) is 0 Å². The largest absolute Gasteiger partial charge is 0.377 e. The van der Waals surface area contributed by atoms with Crippen molar-refractivity contribution in [1.29, 1.82) is 0 Å².